The Bertz CT molecular complexity index is 572. The molecule has 1 N–H and O–H groups in total. The Labute approximate surface area is 127 Å². The summed E-state index contributed by atoms with van der Waals surface area (Å²) >= 11 is 3.47. The molecule has 1 atom stereocenters. The molecule has 0 heterocycles. The van der Waals surface area contributed by atoms with Crippen LogP contribution in [-0.2, 0) is 11.3 Å². The van der Waals surface area contributed by atoms with Gasteiger partial charge in [0.15, 0.2) is 0 Å². The van der Waals surface area contributed by atoms with Gasteiger partial charge in [0.05, 0.1) is 6.04 Å². The number of carbonyl (C=O) groups excluding carboxylic acids is 1. The van der Waals surface area contributed by atoms with Gasteiger partial charge in [0.1, 0.15) is 6.61 Å². The Morgan fingerprint density at radius 2 is 1.80 bits per heavy atom. The summed E-state index contributed by atoms with van der Waals surface area (Å²) in [6, 6.07) is 17.3. The molecule has 0 aromatic heterocycles. The molecule has 1 unspecified atom stereocenters. The monoisotopic (exact) mass is 333 g/mol. The average molecular weight is 334 g/mol. The highest BCUT2D eigenvalue weighted by molar-refractivity contribution is 9.10. The number of hydrogen-bond donors (Lipinski definition) is 1. The quantitative estimate of drug-likeness (QED) is 0.898. The highest BCUT2D eigenvalue weighted by Crippen LogP contribution is 2.22. The zero-order valence-corrected chi connectivity index (χ0v) is 12.8. The third-order valence-electron chi connectivity index (χ3n) is 2.92. The molecule has 0 aliphatic carbocycles. The Kier molecular flexibility index (Phi) is 5.18. The Hall–Kier alpha value is -1.81. The number of halogens is 1. The zero-order valence-electron chi connectivity index (χ0n) is 11.2. The van der Waals surface area contributed by atoms with Gasteiger partial charge in [-0.05, 0) is 24.1 Å². The molecular formula is C16H16BrNO2. The minimum atomic E-state index is -0.419. The van der Waals surface area contributed by atoms with Crippen LogP contribution < -0.4 is 5.32 Å². The lowest BCUT2D eigenvalue weighted by Gasteiger charge is -2.15. The van der Waals surface area contributed by atoms with Gasteiger partial charge in [0, 0.05) is 4.47 Å². The number of rotatable bonds is 4. The second-order valence-corrected chi connectivity index (χ2v) is 5.30. The molecule has 104 valence electrons. The van der Waals surface area contributed by atoms with E-state index in [9.17, 15) is 4.79 Å². The van der Waals surface area contributed by atoms with Crippen molar-refractivity contribution in [2.45, 2.75) is 19.6 Å². The van der Waals surface area contributed by atoms with Crippen molar-refractivity contribution in [3.05, 3.63) is 70.2 Å². The van der Waals surface area contributed by atoms with Crippen LogP contribution >= 0.6 is 15.9 Å². The van der Waals surface area contributed by atoms with E-state index in [1.165, 1.54) is 0 Å². The summed E-state index contributed by atoms with van der Waals surface area (Å²) < 4.78 is 6.16. The predicted molar refractivity (Wildman–Crippen MR) is 82.3 cm³/mol. The molecule has 4 heteroatoms. The van der Waals surface area contributed by atoms with Crippen LogP contribution in [0.5, 0.6) is 0 Å². The normalized spacial score (nSPS) is 11.7. The van der Waals surface area contributed by atoms with E-state index < -0.39 is 6.09 Å². The summed E-state index contributed by atoms with van der Waals surface area (Å²) in [6.45, 7) is 2.19. The molecule has 2 aromatic carbocycles. The van der Waals surface area contributed by atoms with Crippen LogP contribution in [0.1, 0.15) is 24.1 Å². The molecule has 2 aromatic rings. The van der Waals surface area contributed by atoms with E-state index in [1.807, 2.05) is 61.5 Å². The smallest absolute Gasteiger partial charge is 0.407 e. The van der Waals surface area contributed by atoms with Crippen LogP contribution in [0, 0.1) is 0 Å². The standard InChI is InChI=1S/C16H16BrNO2/c1-12(14-9-5-6-10-15(14)17)18-16(19)20-11-13-7-3-2-4-8-13/h2-10,12H,11H2,1H3,(H,18,19). The zero-order chi connectivity index (χ0) is 14.4. The molecule has 0 aliphatic heterocycles. The third-order valence-corrected chi connectivity index (χ3v) is 3.64. The SMILES string of the molecule is CC(NC(=O)OCc1ccccc1)c1ccccc1Br. The second-order valence-electron chi connectivity index (χ2n) is 4.45. The lowest BCUT2D eigenvalue weighted by Crippen LogP contribution is -2.27. The number of hydrogen-bond acceptors (Lipinski definition) is 2. The minimum absolute atomic E-state index is 0.117. The third kappa shape index (κ3) is 4.10. The number of carbonyl (C=O) groups is 1. The van der Waals surface area contributed by atoms with Crippen molar-refractivity contribution < 1.29 is 9.53 Å². The predicted octanol–water partition coefficient (Wildman–Crippen LogP) is 4.44. The van der Waals surface area contributed by atoms with Crippen LogP contribution in [0.25, 0.3) is 0 Å². The molecule has 2 rings (SSSR count). The first-order valence-corrected chi connectivity index (χ1v) is 7.18. The molecule has 0 bridgehead atoms. The van der Waals surface area contributed by atoms with Crippen molar-refractivity contribution in [1.82, 2.24) is 5.32 Å². The summed E-state index contributed by atoms with van der Waals surface area (Å²) in [7, 11) is 0. The maximum atomic E-state index is 11.8. The summed E-state index contributed by atoms with van der Waals surface area (Å²) in [5.41, 5.74) is 1.99. The largest absolute Gasteiger partial charge is 0.445 e. The molecule has 0 spiro atoms. The van der Waals surface area contributed by atoms with Crippen molar-refractivity contribution >= 4 is 22.0 Å². The first-order valence-electron chi connectivity index (χ1n) is 6.38. The Balaban J connectivity index is 1.87. The number of benzene rings is 2. The Morgan fingerprint density at radius 1 is 1.15 bits per heavy atom. The lowest BCUT2D eigenvalue weighted by molar-refractivity contribution is 0.136. The van der Waals surface area contributed by atoms with E-state index in [-0.39, 0.29) is 12.6 Å². The van der Waals surface area contributed by atoms with Gasteiger partial charge in [0.25, 0.3) is 0 Å². The summed E-state index contributed by atoms with van der Waals surface area (Å²) in [4.78, 5) is 11.8. The molecule has 0 fully saturated rings. The second kappa shape index (κ2) is 7.10. The van der Waals surface area contributed by atoms with Gasteiger partial charge in [-0.15, -0.1) is 0 Å². The molecular weight excluding hydrogens is 318 g/mol. The molecule has 0 saturated heterocycles. The van der Waals surface area contributed by atoms with Gasteiger partial charge >= 0.3 is 6.09 Å². The van der Waals surface area contributed by atoms with E-state index in [4.69, 9.17) is 4.74 Å². The topological polar surface area (TPSA) is 38.3 Å². The van der Waals surface area contributed by atoms with Gasteiger partial charge in [-0.1, -0.05) is 64.5 Å². The number of amides is 1. The van der Waals surface area contributed by atoms with Gasteiger partial charge < -0.3 is 10.1 Å². The number of ether oxygens (including phenoxy) is 1. The van der Waals surface area contributed by atoms with Crippen LogP contribution in [0.15, 0.2) is 59.1 Å². The first kappa shape index (κ1) is 14.6. The van der Waals surface area contributed by atoms with E-state index in [0.29, 0.717) is 0 Å². The van der Waals surface area contributed by atoms with Crippen molar-refractivity contribution in [2.75, 3.05) is 0 Å². The number of nitrogens with one attached hydrogen (secondary N) is 1. The maximum Gasteiger partial charge on any atom is 0.407 e. The maximum absolute atomic E-state index is 11.8. The van der Waals surface area contributed by atoms with Crippen molar-refractivity contribution in [1.29, 1.82) is 0 Å². The summed E-state index contributed by atoms with van der Waals surface area (Å²) in [6.07, 6.45) is -0.419. The fourth-order valence-electron chi connectivity index (χ4n) is 1.85. The van der Waals surface area contributed by atoms with Gasteiger partial charge in [-0.25, -0.2) is 4.79 Å². The van der Waals surface area contributed by atoms with E-state index in [0.717, 1.165) is 15.6 Å². The van der Waals surface area contributed by atoms with Crippen LogP contribution in [0.4, 0.5) is 4.79 Å². The van der Waals surface area contributed by atoms with Crippen molar-refractivity contribution in [3.8, 4) is 0 Å². The van der Waals surface area contributed by atoms with Crippen LogP contribution in [0.2, 0.25) is 0 Å². The lowest BCUT2D eigenvalue weighted by atomic mass is 10.1. The first-order chi connectivity index (χ1) is 9.66. The van der Waals surface area contributed by atoms with Gasteiger partial charge in [-0.2, -0.15) is 0 Å². The van der Waals surface area contributed by atoms with Crippen LogP contribution in [-0.4, -0.2) is 6.09 Å². The molecule has 3 nitrogen and oxygen atoms in total. The summed E-state index contributed by atoms with van der Waals surface area (Å²) in [5.74, 6) is 0. The summed E-state index contributed by atoms with van der Waals surface area (Å²) in [5, 5.41) is 2.82. The highest BCUT2D eigenvalue weighted by Gasteiger charge is 2.12. The van der Waals surface area contributed by atoms with E-state index in [1.54, 1.807) is 0 Å². The average Bonchev–Trinajstić information content (AvgIpc) is 2.46. The molecule has 20 heavy (non-hydrogen) atoms. The van der Waals surface area contributed by atoms with E-state index >= 15 is 0 Å². The molecule has 0 aliphatic rings. The number of alkyl carbamates (subject to hydrolysis) is 1. The fraction of sp³-hybridized carbons (Fsp3) is 0.188. The van der Waals surface area contributed by atoms with Crippen molar-refractivity contribution in [2.24, 2.45) is 0 Å². The van der Waals surface area contributed by atoms with Gasteiger partial charge in [-0.3, -0.25) is 0 Å². The van der Waals surface area contributed by atoms with Gasteiger partial charge in [0.2, 0.25) is 0 Å². The minimum Gasteiger partial charge on any atom is -0.445 e. The van der Waals surface area contributed by atoms with E-state index in [2.05, 4.69) is 21.2 Å². The fourth-order valence-corrected chi connectivity index (χ4v) is 2.47. The molecule has 0 radical (unpaired) electrons. The highest BCUT2D eigenvalue weighted by atomic mass is 79.9. The van der Waals surface area contributed by atoms with Crippen LogP contribution in [0.3, 0.4) is 0 Å². The molecule has 1 amide bonds. The van der Waals surface area contributed by atoms with Crippen molar-refractivity contribution in [3.63, 3.8) is 0 Å². The molecule has 0 saturated carbocycles. The Morgan fingerprint density at radius 3 is 2.50 bits per heavy atom.